The zero-order valence-corrected chi connectivity index (χ0v) is 17.7. The molecule has 3 aromatic rings. The summed E-state index contributed by atoms with van der Waals surface area (Å²) in [6.07, 6.45) is 1.78. The van der Waals surface area contributed by atoms with Crippen LogP contribution < -0.4 is 4.90 Å². The Kier molecular flexibility index (Phi) is 7.18. The molecule has 0 aliphatic carbocycles. The van der Waals surface area contributed by atoms with Gasteiger partial charge in [0.05, 0.1) is 17.9 Å². The van der Waals surface area contributed by atoms with E-state index in [1.165, 1.54) is 17.4 Å². The lowest BCUT2D eigenvalue weighted by atomic mass is 10.3. The maximum atomic E-state index is 14.1. The number of rotatable bonds is 6. The van der Waals surface area contributed by atoms with E-state index in [0.29, 0.717) is 49.2 Å². The number of anilines is 1. The van der Waals surface area contributed by atoms with Gasteiger partial charge < -0.3 is 4.74 Å². The smallest absolute Gasteiger partial charge is 0.280 e. The van der Waals surface area contributed by atoms with E-state index >= 15 is 0 Å². The first kappa shape index (κ1) is 21.6. The van der Waals surface area contributed by atoms with E-state index in [4.69, 9.17) is 4.74 Å². The van der Waals surface area contributed by atoms with Crippen LogP contribution in [-0.2, 0) is 11.3 Å². The molecule has 1 aliphatic heterocycles. The van der Waals surface area contributed by atoms with Crippen LogP contribution in [0.15, 0.2) is 30.5 Å². The minimum absolute atomic E-state index is 0. The average molecular weight is 440 g/mol. The highest BCUT2D eigenvalue weighted by molar-refractivity contribution is 7.22. The molecule has 0 spiro atoms. The van der Waals surface area contributed by atoms with Gasteiger partial charge in [0.25, 0.3) is 5.91 Å². The summed E-state index contributed by atoms with van der Waals surface area (Å²) >= 11 is 1.32. The van der Waals surface area contributed by atoms with Crippen molar-refractivity contribution in [1.29, 1.82) is 0 Å². The Hall–Kier alpha value is -2.07. The Morgan fingerprint density at radius 3 is 2.79 bits per heavy atom. The molecule has 0 N–H and O–H groups in total. The van der Waals surface area contributed by atoms with Crippen LogP contribution in [0.3, 0.4) is 0 Å². The van der Waals surface area contributed by atoms with Gasteiger partial charge >= 0.3 is 0 Å². The first-order valence-electron chi connectivity index (χ1n) is 9.36. The van der Waals surface area contributed by atoms with E-state index in [9.17, 15) is 9.18 Å². The highest BCUT2D eigenvalue weighted by atomic mass is 35.5. The van der Waals surface area contributed by atoms with Crippen LogP contribution in [-0.4, -0.2) is 65.0 Å². The second-order valence-electron chi connectivity index (χ2n) is 6.55. The molecule has 1 amide bonds. The molecule has 0 bridgehead atoms. The number of carbonyl (C=O) groups is 1. The molecule has 7 nitrogen and oxygen atoms in total. The van der Waals surface area contributed by atoms with Gasteiger partial charge in [0.2, 0.25) is 0 Å². The molecule has 1 aliphatic rings. The zero-order chi connectivity index (χ0) is 19.5. The predicted octanol–water partition coefficient (Wildman–Crippen LogP) is 3.05. The van der Waals surface area contributed by atoms with Gasteiger partial charge in [-0.25, -0.2) is 9.37 Å². The van der Waals surface area contributed by atoms with E-state index in [1.807, 2.05) is 13.0 Å². The fraction of sp³-hybridized carbons (Fsp3) is 0.421. The number of thiazole rings is 1. The molecule has 4 rings (SSSR count). The van der Waals surface area contributed by atoms with Crippen LogP contribution in [0.25, 0.3) is 10.2 Å². The molecule has 1 aromatic carbocycles. The van der Waals surface area contributed by atoms with Crippen molar-refractivity contribution >= 4 is 45.0 Å². The lowest BCUT2D eigenvalue weighted by Gasteiger charge is -2.29. The van der Waals surface area contributed by atoms with E-state index in [0.717, 1.165) is 17.8 Å². The standard InChI is InChI=1S/C19H22FN5O2S.ClH/c1-2-24-7-6-15(22-24)18(26)25(9-8-23-10-12-27-13-11-23)19-21-17-14(20)4-3-5-16(17)28-19;/h3-7H,2,8-13H2,1H3;1H. The topological polar surface area (TPSA) is 63.5 Å². The Labute approximate surface area is 178 Å². The first-order valence-corrected chi connectivity index (χ1v) is 10.2. The van der Waals surface area contributed by atoms with Gasteiger partial charge in [-0.1, -0.05) is 17.4 Å². The Morgan fingerprint density at radius 2 is 2.10 bits per heavy atom. The van der Waals surface area contributed by atoms with Crippen molar-refractivity contribution in [3.63, 3.8) is 0 Å². The fourth-order valence-electron chi connectivity index (χ4n) is 3.16. The van der Waals surface area contributed by atoms with Crippen molar-refractivity contribution in [2.24, 2.45) is 0 Å². The summed E-state index contributed by atoms with van der Waals surface area (Å²) in [5.74, 6) is -0.601. The van der Waals surface area contributed by atoms with E-state index in [1.54, 1.807) is 27.9 Å². The third kappa shape index (κ3) is 4.75. The minimum atomic E-state index is -0.379. The number of carbonyl (C=O) groups excluding carboxylic acids is 1. The zero-order valence-electron chi connectivity index (χ0n) is 16.1. The van der Waals surface area contributed by atoms with E-state index in [-0.39, 0.29) is 24.1 Å². The van der Waals surface area contributed by atoms with Gasteiger partial charge in [-0.05, 0) is 25.1 Å². The second kappa shape index (κ2) is 9.62. The molecule has 0 saturated carbocycles. The molecule has 10 heteroatoms. The van der Waals surface area contributed by atoms with Crippen LogP contribution in [0.4, 0.5) is 9.52 Å². The van der Waals surface area contributed by atoms with Crippen LogP contribution in [0.5, 0.6) is 0 Å². The number of halogens is 2. The third-order valence-electron chi connectivity index (χ3n) is 4.76. The number of para-hydroxylation sites is 1. The van der Waals surface area contributed by atoms with Crippen molar-refractivity contribution in [2.45, 2.75) is 13.5 Å². The summed E-state index contributed by atoms with van der Waals surface area (Å²) < 4.78 is 21.9. The molecule has 0 atom stereocenters. The molecule has 0 radical (unpaired) electrons. The Morgan fingerprint density at radius 1 is 1.31 bits per heavy atom. The summed E-state index contributed by atoms with van der Waals surface area (Å²) in [5.41, 5.74) is 0.661. The highest BCUT2D eigenvalue weighted by Crippen LogP contribution is 2.31. The van der Waals surface area contributed by atoms with Crippen molar-refractivity contribution in [3.05, 3.63) is 42.0 Å². The van der Waals surface area contributed by atoms with Crippen molar-refractivity contribution in [3.8, 4) is 0 Å². The van der Waals surface area contributed by atoms with Crippen LogP contribution in [0.2, 0.25) is 0 Å². The molecule has 1 fully saturated rings. The number of hydrogen-bond acceptors (Lipinski definition) is 6. The number of benzene rings is 1. The molecule has 29 heavy (non-hydrogen) atoms. The average Bonchev–Trinajstić information content (AvgIpc) is 3.36. The number of amides is 1. The molecular weight excluding hydrogens is 417 g/mol. The molecule has 3 heterocycles. The maximum Gasteiger partial charge on any atom is 0.280 e. The lowest BCUT2D eigenvalue weighted by molar-refractivity contribution is 0.0391. The van der Waals surface area contributed by atoms with Gasteiger partial charge in [0, 0.05) is 38.9 Å². The number of ether oxygens (including phenoxy) is 1. The summed E-state index contributed by atoms with van der Waals surface area (Å²) in [4.78, 5) is 21.5. The van der Waals surface area contributed by atoms with Gasteiger partial charge in [0.15, 0.2) is 10.8 Å². The van der Waals surface area contributed by atoms with Crippen molar-refractivity contribution in [1.82, 2.24) is 19.7 Å². The first-order chi connectivity index (χ1) is 13.7. The molecule has 156 valence electrons. The van der Waals surface area contributed by atoms with E-state index in [2.05, 4.69) is 15.0 Å². The van der Waals surface area contributed by atoms with Gasteiger partial charge in [0.1, 0.15) is 11.3 Å². The fourth-order valence-corrected chi connectivity index (χ4v) is 4.16. The SMILES string of the molecule is CCn1ccc(C(=O)N(CCN2CCOCC2)c2nc3c(F)cccc3s2)n1.Cl. The summed E-state index contributed by atoms with van der Waals surface area (Å²) in [7, 11) is 0. The lowest BCUT2D eigenvalue weighted by Crippen LogP contribution is -2.43. The monoisotopic (exact) mass is 439 g/mol. The maximum absolute atomic E-state index is 14.1. The number of morpholine rings is 1. The summed E-state index contributed by atoms with van der Waals surface area (Å²) in [6, 6.07) is 6.56. The summed E-state index contributed by atoms with van der Waals surface area (Å²) in [5, 5.41) is 4.83. The van der Waals surface area contributed by atoms with E-state index < -0.39 is 0 Å². The number of nitrogens with zero attached hydrogens (tertiary/aromatic N) is 5. The minimum Gasteiger partial charge on any atom is -0.379 e. The molecule has 1 saturated heterocycles. The molecule has 0 unspecified atom stereocenters. The molecule has 2 aromatic heterocycles. The van der Waals surface area contributed by atoms with Crippen LogP contribution in [0.1, 0.15) is 17.4 Å². The van der Waals surface area contributed by atoms with Crippen molar-refractivity contribution < 1.29 is 13.9 Å². The highest BCUT2D eigenvalue weighted by Gasteiger charge is 2.25. The molecular formula is C19H23ClFN5O2S. The quantitative estimate of drug-likeness (QED) is 0.590. The normalized spacial score (nSPS) is 14.7. The predicted molar refractivity (Wildman–Crippen MR) is 114 cm³/mol. The number of fused-ring (bicyclic) bond motifs is 1. The van der Waals surface area contributed by atoms with Crippen LogP contribution in [0, 0.1) is 5.82 Å². The number of hydrogen-bond donors (Lipinski definition) is 0. The number of aromatic nitrogens is 3. The summed E-state index contributed by atoms with van der Waals surface area (Å²) in [6.45, 7) is 6.87. The van der Waals surface area contributed by atoms with Crippen molar-refractivity contribution in [2.75, 3.05) is 44.3 Å². The van der Waals surface area contributed by atoms with Crippen LogP contribution >= 0.6 is 23.7 Å². The second-order valence-corrected chi connectivity index (χ2v) is 7.56. The Bertz CT molecular complexity index is 973. The van der Waals surface area contributed by atoms with Gasteiger partial charge in [-0.2, -0.15) is 5.10 Å². The third-order valence-corrected chi connectivity index (χ3v) is 5.81. The Balaban J connectivity index is 0.00000240. The van der Waals surface area contributed by atoms with Gasteiger partial charge in [-0.15, -0.1) is 12.4 Å². The van der Waals surface area contributed by atoms with Gasteiger partial charge in [-0.3, -0.25) is 19.3 Å². The largest absolute Gasteiger partial charge is 0.379 e. The number of aryl methyl sites for hydroxylation is 1.